The van der Waals surface area contributed by atoms with Crippen molar-refractivity contribution in [2.75, 3.05) is 33.4 Å². The zero-order chi connectivity index (χ0) is 14.0. The topological polar surface area (TPSA) is 49.9 Å². The monoisotopic (exact) mass is 290 g/mol. The highest BCUT2D eigenvalue weighted by atomic mass is 32.2. The summed E-state index contributed by atoms with van der Waals surface area (Å²) in [5, 5.41) is -0.459. The molecule has 112 valence electrons. The maximum atomic E-state index is 12.7. The maximum absolute atomic E-state index is 12.7. The Morgan fingerprint density at radius 1 is 1.37 bits per heavy atom. The minimum absolute atomic E-state index is 0.124. The average Bonchev–Trinajstić information content (AvgIpc) is 2.84. The van der Waals surface area contributed by atoms with Crippen molar-refractivity contribution in [2.45, 2.75) is 50.4 Å². The van der Waals surface area contributed by atoms with Crippen LogP contribution in [0.1, 0.15) is 33.1 Å². The van der Waals surface area contributed by atoms with Gasteiger partial charge in [0.15, 0.2) is 0 Å². The minimum atomic E-state index is -3.24. The normalized spacial score (nSPS) is 31.3. The van der Waals surface area contributed by atoms with Crippen molar-refractivity contribution >= 4 is 10.0 Å². The highest BCUT2D eigenvalue weighted by Gasteiger charge is 2.42. The third-order valence-electron chi connectivity index (χ3n) is 4.45. The number of nitrogens with zero attached hydrogens (tertiary/aromatic N) is 2. The summed E-state index contributed by atoms with van der Waals surface area (Å²) in [6.07, 6.45) is 3.20. The molecule has 19 heavy (non-hydrogen) atoms. The van der Waals surface area contributed by atoms with Crippen LogP contribution in [-0.4, -0.2) is 68.3 Å². The standard InChI is InChI=1S/C13H26N2O3S/c1-4-12-8-14-7-5-6-13(14)9-15(12)19(16,17)11(2)10-18-3/h11-13H,4-10H2,1-3H3. The maximum Gasteiger partial charge on any atom is 0.219 e. The summed E-state index contributed by atoms with van der Waals surface area (Å²) in [6, 6.07) is 0.547. The van der Waals surface area contributed by atoms with Gasteiger partial charge < -0.3 is 4.74 Å². The molecule has 2 fully saturated rings. The highest BCUT2D eigenvalue weighted by molar-refractivity contribution is 7.89. The first-order chi connectivity index (χ1) is 9.00. The fourth-order valence-electron chi connectivity index (χ4n) is 3.26. The van der Waals surface area contributed by atoms with Crippen LogP contribution in [-0.2, 0) is 14.8 Å². The Bertz CT molecular complexity index is 399. The number of hydrogen-bond donors (Lipinski definition) is 0. The van der Waals surface area contributed by atoms with Gasteiger partial charge in [0.05, 0.1) is 11.9 Å². The first kappa shape index (κ1) is 15.2. The molecule has 0 amide bonds. The molecule has 0 saturated carbocycles. The van der Waals surface area contributed by atoms with Crippen LogP contribution in [0.25, 0.3) is 0 Å². The van der Waals surface area contributed by atoms with Crippen molar-refractivity contribution in [3.63, 3.8) is 0 Å². The molecule has 0 radical (unpaired) electrons. The molecular weight excluding hydrogens is 264 g/mol. The van der Waals surface area contributed by atoms with Gasteiger partial charge in [0.2, 0.25) is 10.0 Å². The van der Waals surface area contributed by atoms with Gasteiger partial charge in [0.25, 0.3) is 0 Å². The SMILES string of the molecule is CCC1CN2CCCC2CN1S(=O)(=O)C(C)COC. The van der Waals surface area contributed by atoms with E-state index >= 15 is 0 Å². The van der Waals surface area contributed by atoms with Gasteiger partial charge in [-0.15, -0.1) is 0 Å². The zero-order valence-electron chi connectivity index (χ0n) is 12.2. The van der Waals surface area contributed by atoms with E-state index in [9.17, 15) is 8.42 Å². The summed E-state index contributed by atoms with van der Waals surface area (Å²) in [5.74, 6) is 0. The van der Waals surface area contributed by atoms with Gasteiger partial charge in [-0.1, -0.05) is 6.92 Å². The Morgan fingerprint density at radius 3 is 2.74 bits per heavy atom. The molecule has 0 aromatic heterocycles. The Kier molecular flexibility index (Phi) is 4.87. The third-order valence-corrected chi connectivity index (χ3v) is 6.70. The van der Waals surface area contributed by atoms with E-state index in [-0.39, 0.29) is 12.6 Å². The van der Waals surface area contributed by atoms with E-state index in [0.717, 1.165) is 25.9 Å². The van der Waals surface area contributed by atoms with Gasteiger partial charge in [0.1, 0.15) is 0 Å². The quantitative estimate of drug-likeness (QED) is 0.755. The highest BCUT2D eigenvalue weighted by Crippen LogP contribution is 2.29. The second-order valence-electron chi connectivity index (χ2n) is 5.73. The first-order valence-corrected chi connectivity index (χ1v) is 8.74. The number of hydrogen-bond acceptors (Lipinski definition) is 4. The molecule has 2 aliphatic heterocycles. The summed E-state index contributed by atoms with van der Waals surface area (Å²) in [5.41, 5.74) is 0. The molecule has 2 rings (SSSR count). The first-order valence-electron chi connectivity index (χ1n) is 7.24. The third kappa shape index (κ3) is 2.96. The van der Waals surface area contributed by atoms with Crippen molar-refractivity contribution in [1.82, 2.24) is 9.21 Å². The van der Waals surface area contributed by atoms with Crippen LogP contribution in [0.15, 0.2) is 0 Å². The van der Waals surface area contributed by atoms with Crippen molar-refractivity contribution < 1.29 is 13.2 Å². The molecule has 3 unspecified atom stereocenters. The van der Waals surface area contributed by atoms with Crippen LogP contribution in [0.5, 0.6) is 0 Å². The minimum Gasteiger partial charge on any atom is -0.383 e. The molecular formula is C13H26N2O3S. The summed E-state index contributed by atoms with van der Waals surface area (Å²) in [7, 11) is -1.69. The molecule has 5 nitrogen and oxygen atoms in total. The molecule has 2 aliphatic rings. The van der Waals surface area contributed by atoms with Gasteiger partial charge in [-0.2, -0.15) is 4.31 Å². The van der Waals surface area contributed by atoms with Crippen molar-refractivity contribution in [3.8, 4) is 0 Å². The van der Waals surface area contributed by atoms with Crippen molar-refractivity contribution in [3.05, 3.63) is 0 Å². The molecule has 0 bridgehead atoms. The number of piperazine rings is 1. The summed E-state index contributed by atoms with van der Waals surface area (Å²) in [6.45, 7) is 6.76. The fourth-order valence-corrected chi connectivity index (χ4v) is 5.04. The van der Waals surface area contributed by atoms with E-state index in [2.05, 4.69) is 11.8 Å². The molecule has 2 heterocycles. The molecule has 6 heteroatoms. The van der Waals surface area contributed by atoms with E-state index in [1.54, 1.807) is 18.3 Å². The lowest BCUT2D eigenvalue weighted by molar-refractivity contribution is 0.104. The van der Waals surface area contributed by atoms with Gasteiger partial charge >= 0.3 is 0 Å². The molecule has 0 aromatic rings. The number of rotatable bonds is 5. The number of sulfonamides is 1. The zero-order valence-corrected chi connectivity index (χ0v) is 13.0. The molecule has 0 spiro atoms. The number of ether oxygens (including phenoxy) is 1. The Hall–Kier alpha value is -0.170. The summed E-state index contributed by atoms with van der Waals surface area (Å²) in [4.78, 5) is 2.46. The average molecular weight is 290 g/mol. The van der Waals surface area contributed by atoms with Crippen LogP contribution < -0.4 is 0 Å². The van der Waals surface area contributed by atoms with Gasteiger partial charge in [-0.25, -0.2) is 8.42 Å². The van der Waals surface area contributed by atoms with Gasteiger partial charge in [-0.05, 0) is 32.7 Å². The van der Waals surface area contributed by atoms with Gasteiger partial charge in [0, 0.05) is 32.3 Å². The molecule has 0 N–H and O–H groups in total. The van der Waals surface area contributed by atoms with E-state index < -0.39 is 15.3 Å². The van der Waals surface area contributed by atoms with Crippen LogP contribution in [0.2, 0.25) is 0 Å². The van der Waals surface area contributed by atoms with Gasteiger partial charge in [-0.3, -0.25) is 4.90 Å². The van der Waals surface area contributed by atoms with Crippen molar-refractivity contribution in [2.24, 2.45) is 0 Å². The van der Waals surface area contributed by atoms with E-state index in [0.29, 0.717) is 12.6 Å². The largest absolute Gasteiger partial charge is 0.383 e. The van der Waals surface area contributed by atoms with Crippen LogP contribution in [0.4, 0.5) is 0 Å². The molecule has 0 aromatic carbocycles. The summed E-state index contributed by atoms with van der Waals surface area (Å²) < 4.78 is 32.1. The lowest BCUT2D eigenvalue weighted by atomic mass is 10.1. The molecule has 3 atom stereocenters. The predicted molar refractivity (Wildman–Crippen MR) is 75.6 cm³/mol. The van der Waals surface area contributed by atoms with Crippen LogP contribution in [0, 0.1) is 0 Å². The Labute approximate surface area is 117 Å². The smallest absolute Gasteiger partial charge is 0.219 e. The Balaban J connectivity index is 2.16. The van der Waals surface area contributed by atoms with E-state index in [4.69, 9.17) is 4.74 Å². The molecule has 2 saturated heterocycles. The number of fused-ring (bicyclic) bond motifs is 1. The summed E-state index contributed by atoms with van der Waals surface area (Å²) >= 11 is 0. The van der Waals surface area contributed by atoms with E-state index in [1.165, 1.54) is 6.42 Å². The Morgan fingerprint density at radius 2 is 2.11 bits per heavy atom. The fraction of sp³-hybridized carbons (Fsp3) is 1.00. The van der Waals surface area contributed by atoms with Crippen LogP contribution >= 0.6 is 0 Å². The lowest BCUT2D eigenvalue weighted by Gasteiger charge is -2.43. The number of methoxy groups -OCH3 is 1. The van der Waals surface area contributed by atoms with E-state index in [1.807, 2.05) is 0 Å². The predicted octanol–water partition coefficient (Wildman–Crippen LogP) is 0.910. The van der Waals surface area contributed by atoms with Crippen LogP contribution in [0.3, 0.4) is 0 Å². The lowest BCUT2D eigenvalue weighted by Crippen LogP contribution is -2.59. The second kappa shape index (κ2) is 6.08. The van der Waals surface area contributed by atoms with Crippen molar-refractivity contribution in [1.29, 1.82) is 0 Å². The second-order valence-corrected chi connectivity index (χ2v) is 8.04. The molecule has 0 aliphatic carbocycles.